The average Bonchev–Trinajstić information content (AvgIpc) is 2.42. The molecule has 104 valence electrons. The summed E-state index contributed by atoms with van der Waals surface area (Å²) < 4.78 is 5.38. The number of Topliss-reactive ketones (excluding diaryl/α,β-unsaturated/α-hetero) is 1. The van der Waals surface area contributed by atoms with Gasteiger partial charge in [-0.25, -0.2) is 0 Å². The zero-order valence-electron chi connectivity index (χ0n) is 11.7. The third-order valence-electron chi connectivity index (χ3n) is 2.96. The number of hydrogen-bond donors (Lipinski definition) is 1. The summed E-state index contributed by atoms with van der Waals surface area (Å²) in [6.07, 6.45) is 1.81. The van der Waals surface area contributed by atoms with Crippen LogP contribution in [-0.4, -0.2) is 24.3 Å². The number of carbonyl (C=O) groups is 2. The Kier molecular flexibility index (Phi) is 6.06. The minimum atomic E-state index is -0.137. The van der Waals surface area contributed by atoms with Crippen LogP contribution in [0.25, 0.3) is 0 Å². The second-order valence-electron chi connectivity index (χ2n) is 4.45. The summed E-state index contributed by atoms with van der Waals surface area (Å²) in [5.74, 6) is 0.376. The molecule has 0 saturated heterocycles. The van der Waals surface area contributed by atoms with E-state index in [0.29, 0.717) is 11.3 Å². The summed E-state index contributed by atoms with van der Waals surface area (Å²) in [5, 5.41) is 2.89. The van der Waals surface area contributed by atoms with Crippen molar-refractivity contribution in [3.05, 3.63) is 29.8 Å². The van der Waals surface area contributed by atoms with Crippen molar-refractivity contribution in [3.8, 4) is 5.75 Å². The highest BCUT2D eigenvalue weighted by atomic mass is 16.5. The number of amides is 1. The highest BCUT2D eigenvalue weighted by molar-refractivity contribution is 5.94. The Hall–Kier alpha value is -1.84. The highest BCUT2D eigenvalue weighted by Gasteiger charge is 2.09. The van der Waals surface area contributed by atoms with E-state index in [0.717, 1.165) is 12.8 Å². The van der Waals surface area contributed by atoms with Gasteiger partial charge in [0.1, 0.15) is 5.75 Å². The van der Waals surface area contributed by atoms with Gasteiger partial charge in [-0.05, 0) is 31.9 Å². The Balaban J connectivity index is 2.50. The van der Waals surface area contributed by atoms with Crippen molar-refractivity contribution >= 4 is 11.7 Å². The molecule has 0 bridgehead atoms. The molecule has 1 aromatic rings. The molecule has 0 aromatic heterocycles. The van der Waals surface area contributed by atoms with Gasteiger partial charge in [-0.15, -0.1) is 0 Å². The topological polar surface area (TPSA) is 55.4 Å². The molecule has 0 atom stereocenters. The summed E-state index contributed by atoms with van der Waals surface area (Å²) in [6, 6.07) is 7.04. The lowest BCUT2D eigenvalue weighted by atomic mass is 10.1. The van der Waals surface area contributed by atoms with Gasteiger partial charge in [-0.2, -0.15) is 0 Å². The number of ketones is 1. The number of nitrogens with one attached hydrogen (secondary N) is 1. The Morgan fingerprint density at radius 1 is 1.26 bits per heavy atom. The van der Waals surface area contributed by atoms with Crippen molar-refractivity contribution in [1.29, 1.82) is 0 Å². The molecule has 0 spiro atoms. The van der Waals surface area contributed by atoms with Gasteiger partial charge in [0.25, 0.3) is 5.91 Å². The van der Waals surface area contributed by atoms with E-state index in [4.69, 9.17) is 4.74 Å². The second kappa shape index (κ2) is 7.56. The third-order valence-corrected chi connectivity index (χ3v) is 2.96. The first-order valence-electron chi connectivity index (χ1n) is 6.60. The lowest BCUT2D eigenvalue weighted by Gasteiger charge is -2.15. The summed E-state index contributed by atoms with van der Waals surface area (Å²) in [4.78, 5) is 22.9. The predicted octanol–water partition coefficient (Wildman–Crippen LogP) is 2.57. The molecule has 0 radical (unpaired) electrons. The Labute approximate surface area is 114 Å². The Morgan fingerprint density at radius 2 is 1.95 bits per heavy atom. The molecule has 0 aliphatic heterocycles. The van der Waals surface area contributed by atoms with Gasteiger partial charge < -0.3 is 10.1 Å². The van der Waals surface area contributed by atoms with Crippen molar-refractivity contribution < 1.29 is 14.3 Å². The number of hydrogen-bond acceptors (Lipinski definition) is 3. The molecule has 0 aliphatic carbocycles. The molecule has 19 heavy (non-hydrogen) atoms. The van der Waals surface area contributed by atoms with Crippen LogP contribution in [0.5, 0.6) is 5.75 Å². The highest BCUT2D eigenvalue weighted by Crippen LogP contribution is 2.13. The van der Waals surface area contributed by atoms with E-state index in [2.05, 4.69) is 5.32 Å². The molecule has 0 unspecified atom stereocenters. The molecule has 0 saturated carbocycles. The minimum Gasteiger partial charge on any atom is -0.484 e. The minimum absolute atomic E-state index is 0.0214. The van der Waals surface area contributed by atoms with E-state index in [1.54, 1.807) is 24.3 Å². The maximum Gasteiger partial charge on any atom is 0.258 e. The van der Waals surface area contributed by atoms with Crippen LogP contribution in [0.3, 0.4) is 0 Å². The Morgan fingerprint density at radius 3 is 2.53 bits per heavy atom. The molecule has 0 fully saturated rings. The van der Waals surface area contributed by atoms with Crippen LogP contribution in [0.2, 0.25) is 0 Å². The zero-order valence-corrected chi connectivity index (χ0v) is 11.7. The van der Waals surface area contributed by atoms with Crippen LogP contribution in [0.4, 0.5) is 0 Å². The number of rotatable bonds is 7. The molecular formula is C15H21NO3. The van der Waals surface area contributed by atoms with Crippen molar-refractivity contribution in [2.75, 3.05) is 6.61 Å². The van der Waals surface area contributed by atoms with Crippen LogP contribution < -0.4 is 10.1 Å². The van der Waals surface area contributed by atoms with Crippen LogP contribution in [0.15, 0.2) is 24.3 Å². The van der Waals surface area contributed by atoms with Gasteiger partial charge in [-0.1, -0.05) is 26.0 Å². The first kappa shape index (κ1) is 15.2. The van der Waals surface area contributed by atoms with E-state index < -0.39 is 0 Å². The van der Waals surface area contributed by atoms with Crippen molar-refractivity contribution in [3.63, 3.8) is 0 Å². The Bertz CT molecular complexity index is 439. The van der Waals surface area contributed by atoms with E-state index in [-0.39, 0.29) is 24.3 Å². The molecular weight excluding hydrogens is 242 g/mol. The maximum absolute atomic E-state index is 11.7. The SMILES string of the molecule is CCC(CC)NC(=O)COc1cccc(C(C)=O)c1. The lowest BCUT2D eigenvalue weighted by molar-refractivity contribution is -0.123. The molecule has 4 heteroatoms. The van der Waals surface area contributed by atoms with Gasteiger partial charge in [0.2, 0.25) is 0 Å². The summed E-state index contributed by atoms with van der Waals surface area (Å²) in [6.45, 7) is 5.54. The van der Waals surface area contributed by atoms with E-state index in [9.17, 15) is 9.59 Å². The summed E-state index contributed by atoms with van der Waals surface area (Å²) in [5.41, 5.74) is 0.581. The van der Waals surface area contributed by atoms with Gasteiger partial charge in [0.05, 0.1) is 0 Å². The maximum atomic E-state index is 11.7. The first-order valence-corrected chi connectivity index (χ1v) is 6.60. The third kappa shape index (κ3) is 5.12. The van der Waals surface area contributed by atoms with Crippen molar-refractivity contribution in [2.24, 2.45) is 0 Å². The normalized spacial score (nSPS) is 10.3. The van der Waals surface area contributed by atoms with Gasteiger partial charge in [-0.3, -0.25) is 9.59 Å². The first-order chi connectivity index (χ1) is 9.06. The van der Waals surface area contributed by atoms with Gasteiger partial charge in [0.15, 0.2) is 12.4 Å². The van der Waals surface area contributed by atoms with Crippen LogP contribution in [-0.2, 0) is 4.79 Å². The second-order valence-corrected chi connectivity index (χ2v) is 4.45. The van der Waals surface area contributed by atoms with Crippen molar-refractivity contribution in [2.45, 2.75) is 39.7 Å². The molecule has 1 amide bonds. The average molecular weight is 263 g/mol. The van der Waals surface area contributed by atoms with Gasteiger partial charge >= 0.3 is 0 Å². The fraction of sp³-hybridized carbons (Fsp3) is 0.467. The monoisotopic (exact) mass is 263 g/mol. The molecule has 4 nitrogen and oxygen atoms in total. The quantitative estimate of drug-likeness (QED) is 0.769. The lowest BCUT2D eigenvalue weighted by Crippen LogP contribution is -2.37. The molecule has 0 aliphatic rings. The summed E-state index contributed by atoms with van der Waals surface area (Å²) >= 11 is 0. The zero-order chi connectivity index (χ0) is 14.3. The van der Waals surface area contributed by atoms with E-state index in [1.807, 2.05) is 13.8 Å². The molecule has 1 N–H and O–H groups in total. The summed E-state index contributed by atoms with van der Waals surface area (Å²) in [7, 11) is 0. The molecule has 1 aromatic carbocycles. The fourth-order valence-corrected chi connectivity index (χ4v) is 1.72. The van der Waals surface area contributed by atoms with Crippen LogP contribution in [0.1, 0.15) is 44.0 Å². The number of ether oxygens (including phenoxy) is 1. The van der Waals surface area contributed by atoms with Crippen LogP contribution in [0, 0.1) is 0 Å². The smallest absolute Gasteiger partial charge is 0.258 e. The van der Waals surface area contributed by atoms with E-state index >= 15 is 0 Å². The van der Waals surface area contributed by atoms with Gasteiger partial charge in [0, 0.05) is 11.6 Å². The fourth-order valence-electron chi connectivity index (χ4n) is 1.72. The molecule has 1 rings (SSSR count). The number of benzene rings is 1. The van der Waals surface area contributed by atoms with Crippen molar-refractivity contribution in [1.82, 2.24) is 5.32 Å². The van der Waals surface area contributed by atoms with E-state index in [1.165, 1.54) is 6.92 Å². The van der Waals surface area contributed by atoms with Crippen LogP contribution >= 0.6 is 0 Å². The standard InChI is InChI=1S/C15H21NO3/c1-4-13(5-2)16-15(18)10-19-14-8-6-7-12(9-14)11(3)17/h6-9,13H,4-5,10H2,1-3H3,(H,16,18). The number of carbonyl (C=O) groups excluding carboxylic acids is 2. The largest absolute Gasteiger partial charge is 0.484 e. The molecule has 0 heterocycles. The predicted molar refractivity (Wildman–Crippen MR) is 74.5 cm³/mol.